The number of nitrogens with one attached hydrogen (secondary N) is 3. The van der Waals surface area contributed by atoms with Gasteiger partial charge in [0.25, 0.3) is 5.91 Å². The van der Waals surface area contributed by atoms with Crippen LogP contribution in [0.1, 0.15) is 48.0 Å². The molecule has 0 spiro atoms. The summed E-state index contributed by atoms with van der Waals surface area (Å²) in [7, 11) is 1.89. The highest BCUT2D eigenvalue weighted by atomic mass is 16.5. The topological polar surface area (TPSA) is 139 Å². The van der Waals surface area contributed by atoms with Crippen LogP contribution in [0.5, 0.6) is 0 Å². The molecule has 10 nitrogen and oxygen atoms in total. The third kappa shape index (κ3) is 7.16. The van der Waals surface area contributed by atoms with E-state index in [0.29, 0.717) is 31.2 Å². The van der Waals surface area contributed by atoms with Gasteiger partial charge in [-0.3, -0.25) is 14.4 Å². The van der Waals surface area contributed by atoms with Crippen LogP contribution in [0.3, 0.4) is 0 Å². The molecule has 0 bridgehead atoms. The van der Waals surface area contributed by atoms with E-state index in [1.807, 2.05) is 60.3 Å². The Morgan fingerprint density at radius 1 is 1.05 bits per heavy atom. The third-order valence-corrected chi connectivity index (χ3v) is 7.11. The van der Waals surface area contributed by atoms with Crippen LogP contribution in [0.2, 0.25) is 0 Å². The summed E-state index contributed by atoms with van der Waals surface area (Å²) < 4.78 is 7.12. The molecule has 2 aromatic carbocycles. The number of alkyl carbamates (subject to hydrolysis) is 1. The van der Waals surface area contributed by atoms with Crippen molar-refractivity contribution in [3.05, 3.63) is 71.9 Å². The second-order valence-electron chi connectivity index (χ2n) is 9.81. The SMILES string of the molecule is Cn1ccc2c(C(=O)N[C@@H](CCCNC(=O)OCc3ccccc3)C(=O)N[C@H]3CCC[C@H]3C(=O)O)cccc21. The number of fused-ring (bicyclic) bond motifs is 1. The number of aryl methyl sites for hydroxylation is 1. The van der Waals surface area contributed by atoms with Crippen molar-refractivity contribution in [2.75, 3.05) is 6.54 Å². The summed E-state index contributed by atoms with van der Waals surface area (Å²) in [4.78, 5) is 50.2. The summed E-state index contributed by atoms with van der Waals surface area (Å²) in [6, 6.07) is 15.2. The molecule has 4 N–H and O–H groups in total. The number of ether oxygens (including phenoxy) is 1. The summed E-state index contributed by atoms with van der Waals surface area (Å²) >= 11 is 0. The normalized spacial score (nSPS) is 17.4. The molecule has 39 heavy (non-hydrogen) atoms. The van der Waals surface area contributed by atoms with Gasteiger partial charge < -0.3 is 30.4 Å². The van der Waals surface area contributed by atoms with Crippen molar-refractivity contribution in [1.82, 2.24) is 20.5 Å². The first-order valence-corrected chi connectivity index (χ1v) is 13.2. The zero-order valence-electron chi connectivity index (χ0n) is 21.9. The maximum Gasteiger partial charge on any atom is 0.407 e. The molecule has 4 rings (SSSR count). The maximum absolute atomic E-state index is 13.3. The molecule has 3 aromatic rings. The zero-order valence-corrected chi connectivity index (χ0v) is 21.9. The van der Waals surface area contributed by atoms with E-state index in [1.165, 1.54) is 0 Å². The predicted octanol–water partition coefficient (Wildman–Crippen LogP) is 3.35. The quantitative estimate of drug-likeness (QED) is 0.278. The lowest BCUT2D eigenvalue weighted by atomic mass is 10.0. The van der Waals surface area contributed by atoms with Crippen molar-refractivity contribution in [2.45, 2.75) is 50.8 Å². The van der Waals surface area contributed by atoms with Gasteiger partial charge in [0.1, 0.15) is 12.6 Å². The van der Waals surface area contributed by atoms with Gasteiger partial charge in [-0.1, -0.05) is 42.8 Å². The van der Waals surface area contributed by atoms with E-state index >= 15 is 0 Å². The second-order valence-corrected chi connectivity index (χ2v) is 9.81. The fraction of sp³-hybridized carbons (Fsp3) is 0.379. The van der Waals surface area contributed by atoms with Crippen LogP contribution in [0.15, 0.2) is 60.8 Å². The Kier molecular flexibility index (Phi) is 9.19. The van der Waals surface area contributed by atoms with Crippen molar-refractivity contribution in [3.63, 3.8) is 0 Å². The Hall–Kier alpha value is -4.34. The highest BCUT2D eigenvalue weighted by Gasteiger charge is 2.35. The molecular weight excluding hydrogens is 500 g/mol. The maximum atomic E-state index is 13.3. The number of carbonyl (C=O) groups excluding carboxylic acids is 3. The second kappa shape index (κ2) is 12.9. The van der Waals surface area contributed by atoms with Crippen LogP contribution in [0.25, 0.3) is 10.9 Å². The van der Waals surface area contributed by atoms with E-state index in [-0.39, 0.29) is 19.6 Å². The van der Waals surface area contributed by atoms with E-state index in [0.717, 1.165) is 16.5 Å². The van der Waals surface area contributed by atoms with Gasteiger partial charge in [0, 0.05) is 42.3 Å². The van der Waals surface area contributed by atoms with Gasteiger partial charge in [0.2, 0.25) is 5.91 Å². The molecule has 1 heterocycles. The lowest BCUT2D eigenvalue weighted by Gasteiger charge is -2.23. The monoisotopic (exact) mass is 534 g/mol. The van der Waals surface area contributed by atoms with Crippen molar-refractivity contribution in [3.8, 4) is 0 Å². The van der Waals surface area contributed by atoms with Crippen LogP contribution in [0, 0.1) is 5.92 Å². The lowest BCUT2D eigenvalue weighted by molar-refractivity contribution is -0.142. The van der Waals surface area contributed by atoms with Gasteiger partial charge in [-0.2, -0.15) is 0 Å². The van der Waals surface area contributed by atoms with Crippen LogP contribution in [0.4, 0.5) is 4.79 Å². The van der Waals surface area contributed by atoms with Gasteiger partial charge in [0.05, 0.1) is 5.92 Å². The molecule has 0 saturated heterocycles. The zero-order chi connectivity index (χ0) is 27.8. The Bertz CT molecular complexity index is 1320. The van der Waals surface area contributed by atoms with Gasteiger partial charge in [-0.05, 0) is 49.4 Å². The van der Waals surface area contributed by atoms with E-state index in [2.05, 4.69) is 16.0 Å². The van der Waals surface area contributed by atoms with E-state index < -0.39 is 41.9 Å². The largest absolute Gasteiger partial charge is 0.481 e. The van der Waals surface area contributed by atoms with Crippen molar-refractivity contribution < 1.29 is 29.0 Å². The fourth-order valence-electron chi connectivity index (χ4n) is 4.99. The molecule has 0 radical (unpaired) electrons. The van der Waals surface area contributed by atoms with Crippen LogP contribution in [-0.4, -0.2) is 52.2 Å². The Labute approximate surface area is 226 Å². The third-order valence-electron chi connectivity index (χ3n) is 7.11. The minimum absolute atomic E-state index is 0.144. The summed E-state index contributed by atoms with van der Waals surface area (Å²) in [5.74, 6) is -2.42. The number of aromatic nitrogens is 1. The first-order valence-electron chi connectivity index (χ1n) is 13.2. The summed E-state index contributed by atoms with van der Waals surface area (Å²) in [6.07, 6.45) is 3.70. The Balaban J connectivity index is 1.37. The standard InChI is InChI=1S/C29H34N4O6/c1-33-17-15-20-21(10-6-14-25(20)33)26(34)32-24(27(35)31-23-12-5-11-22(23)28(36)37)13-7-16-30-29(38)39-18-19-8-3-2-4-9-19/h2-4,6,8-10,14-15,17,22-24H,5,7,11-13,16,18H2,1H3,(H,30,38)(H,31,35)(H,32,34)(H,36,37)/t22-,23+,24+/m1/s1. The van der Waals surface area contributed by atoms with E-state index in [9.17, 15) is 24.3 Å². The number of aliphatic carboxylic acids is 1. The number of amides is 3. The van der Waals surface area contributed by atoms with Gasteiger partial charge >= 0.3 is 12.1 Å². The molecule has 1 saturated carbocycles. The van der Waals surface area contributed by atoms with Gasteiger partial charge in [-0.25, -0.2) is 4.79 Å². The van der Waals surface area contributed by atoms with Gasteiger partial charge in [0.15, 0.2) is 0 Å². The fourth-order valence-corrected chi connectivity index (χ4v) is 4.99. The van der Waals surface area contributed by atoms with Crippen molar-refractivity contribution in [2.24, 2.45) is 13.0 Å². The first kappa shape index (κ1) is 27.7. The molecule has 1 fully saturated rings. The number of carbonyl (C=O) groups is 4. The average molecular weight is 535 g/mol. The molecular formula is C29H34N4O6. The lowest BCUT2D eigenvalue weighted by Crippen LogP contribution is -2.51. The molecule has 0 unspecified atom stereocenters. The van der Waals surface area contributed by atoms with Crippen molar-refractivity contribution in [1.29, 1.82) is 0 Å². The Morgan fingerprint density at radius 2 is 1.85 bits per heavy atom. The minimum Gasteiger partial charge on any atom is -0.481 e. The molecule has 1 aliphatic carbocycles. The van der Waals surface area contributed by atoms with Gasteiger partial charge in [-0.15, -0.1) is 0 Å². The molecule has 1 aliphatic rings. The number of carboxylic acids is 1. The summed E-state index contributed by atoms with van der Waals surface area (Å²) in [6.45, 7) is 0.383. The first-order chi connectivity index (χ1) is 18.8. The van der Waals surface area contributed by atoms with Crippen molar-refractivity contribution >= 4 is 34.8 Å². The van der Waals surface area contributed by atoms with Crippen LogP contribution >= 0.6 is 0 Å². The molecule has 3 amide bonds. The molecule has 10 heteroatoms. The smallest absolute Gasteiger partial charge is 0.407 e. The van der Waals surface area contributed by atoms with Crippen LogP contribution < -0.4 is 16.0 Å². The molecule has 3 atom stereocenters. The predicted molar refractivity (Wildman–Crippen MR) is 145 cm³/mol. The summed E-state index contributed by atoms with van der Waals surface area (Å²) in [5.41, 5.74) is 2.20. The highest BCUT2D eigenvalue weighted by Crippen LogP contribution is 2.26. The molecule has 1 aromatic heterocycles. The number of hydrogen-bond acceptors (Lipinski definition) is 5. The number of nitrogens with zero attached hydrogens (tertiary/aromatic N) is 1. The molecule has 0 aliphatic heterocycles. The average Bonchev–Trinajstić information content (AvgIpc) is 3.56. The minimum atomic E-state index is -0.938. The van der Waals surface area contributed by atoms with E-state index in [4.69, 9.17) is 4.74 Å². The molecule has 206 valence electrons. The highest BCUT2D eigenvalue weighted by molar-refractivity contribution is 6.07. The van der Waals surface area contributed by atoms with Crippen LogP contribution in [-0.2, 0) is 28.0 Å². The number of rotatable bonds is 11. The number of benzene rings is 2. The number of carboxylic acid groups (broad SMARTS) is 1. The summed E-state index contributed by atoms with van der Waals surface area (Å²) in [5, 5.41) is 18.6. The number of hydrogen-bond donors (Lipinski definition) is 4. The van der Waals surface area contributed by atoms with E-state index in [1.54, 1.807) is 12.1 Å². The Morgan fingerprint density at radius 3 is 2.62 bits per heavy atom.